The van der Waals surface area contributed by atoms with Crippen molar-refractivity contribution < 1.29 is 29.0 Å². The van der Waals surface area contributed by atoms with Gasteiger partial charge in [-0.1, -0.05) is 30.3 Å². The number of nitrogens with zero attached hydrogens (tertiary/aromatic N) is 1. The molecule has 1 rings (SSSR count). The lowest BCUT2D eigenvalue weighted by molar-refractivity contribution is -0.139. The average molecular weight is 330 g/mol. The Labute approximate surface area is 127 Å². The van der Waals surface area contributed by atoms with Crippen molar-refractivity contribution in [1.82, 2.24) is 0 Å². The summed E-state index contributed by atoms with van der Waals surface area (Å²) in [7, 11) is -4.35. The molecule has 1 aromatic rings. The summed E-state index contributed by atoms with van der Waals surface area (Å²) in [5.41, 5.74) is 7.82. The van der Waals surface area contributed by atoms with Gasteiger partial charge in [-0.25, -0.2) is 10.3 Å². The summed E-state index contributed by atoms with van der Waals surface area (Å²) in [5, 5.41) is 11.8. The molecule has 9 heteroatoms. The van der Waals surface area contributed by atoms with Gasteiger partial charge in [0.05, 0.1) is 18.9 Å². The van der Waals surface area contributed by atoms with E-state index in [9.17, 15) is 9.36 Å². The fraction of sp³-hybridized carbons (Fsp3) is 0.462. The number of nitrogens with one attached hydrogen (secondary N) is 1. The molecule has 0 aliphatic rings. The second kappa shape index (κ2) is 8.75. The highest BCUT2D eigenvalue weighted by Crippen LogP contribution is 2.36. The van der Waals surface area contributed by atoms with Gasteiger partial charge in [-0.3, -0.25) is 4.57 Å². The third-order valence-corrected chi connectivity index (χ3v) is 3.84. The lowest BCUT2D eigenvalue weighted by Gasteiger charge is -2.20. The lowest BCUT2D eigenvalue weighted by Crippen LogP contribution is -2.29. The molecule has 22 heavy (non-hydrogen) atoms. The van der Waals surface area contributed by atoms with Crippen molar-refractivity contribution in [3.8, 4) is 0 Å². The third kappa shape index (κ3) is 7.42. The predicted molar refractivity (Wildman–Crippen MR) is 78.0 cm³/mol. The van der Waals surface area contributed by atoms with Crippen molar-refractivity contribution in [2.75, 3.05) is 12.8 Å². The summed E-state index contributed by atoms with van der Waals surface area (Å²) in [4.78, 5) is 28.9. The molecule has 1 aromatic carbocycles. The lowest BCUT2D eigenvalue weighted by atomic mass is 10.1. The molecule has 0 bridgehead atoms. The Bertz CT molecular complexity index is 533. The van der Waals surface area contributed by atoms with E-state index in [1.807, 2.05) is 30.3 Å². The van der Waals surface area contributed by atoms with E-state index in [-0.39, 0.29) is 13.0 Å². The van der Waals surface area contributed by atoms with Gasteiger partial charge in [0.2, 0.25) is 0 Å². The summed E-state index contributed by atoms with van der Waals surface area (Å²) >= 11 is 0. The Morgan fingerprint density at radius 1 is 1.32 bits per heavy atom. The van der Waals surface area contributed by atoms with Crippen LogP contribution < -0.4 is 0 Å². The highest BCUT2D eigenvalue weighted by molar-refractivity contribution is 7.51. The zero-order chi connectivity index (χ0) is 16.6. The van der Waals surface area contributed by atoms with Gasteiger partial charge < -0.3 is 19.6 Å². The van der Waals surface area contributed by atoms with E-state index in [0.29, 0.717) is 6.42 Å². The van der Waals surface area contributed by atoms with Crippen LogP contribution in [0.3, 0.4) is 0 Å². The van der Waals surface area contributed by atoms with E-state index in [0.717, 1.165) is 5.56 Å². The highest BCUT2D eigenvalue weighted by atomic mass is 31.2. The summed E-state index contributed by atoms with van der Waals surface area (Å²) in [5.74, 6) is -1.32. The maximum absolute atomic E-state index is 11.1. The van der Waals surface area contributed by atoms with Crippen LogP contribution in [0.5, 0.6) is 0 Å². The van der Waals surface area contributed by atoms with Crippen molar-refractivity contribution in [2.24, 2.45) is 5.11 Å². The molecule has 0 radical (unpaired) electrons. The number of benzene rings is 1. The number of carboxylic acids is 1. The van der Waals surface area contributed by atoms with Crippen LogP contribution in [0.25, 0.3) is 0 Å². The first kappa shape index (κ1) is 18.4. The summed E-state index contributed by atoms with van der Waals surface area (Å²) < 4.78 is 16.5. The van der Waals surface area contributed by atoms with Crippen LogP contribution in [-0.4, -0.2) is 45.8 Å². The first-order chi connectivity index (χ1) is 10.3. The van der Waals surface area contributed by atoms with Gasteiger partial charge in [0, 0.05) is 6.42 Å². The second-order valence-electron chi connectivity index (χ2n) is 4.79. The van der Waals surface area contributed by atoms with Crippen molar-refractivity contribution in [3.05, 3.63) is 35.9 Å². The molecule has 0 saturated heterocycles. The van der Waals surface area contributed by atoms with Crippen LogP contribution in [-0.2, 0) is 20.5 Å². The Balaban J connectivity index is 2.59. The largest absolute Gasteiger partial charge is 0.480 e. The van der Waals surface area contributed by atoms with Crippen molar-refractivity contribution in [2.45, 2.75) is 25.0 Å². The highest BCUT2D eigenvalue weighted by Gasteiger charge is 2.28. The fourth-order valence-corrected chi connectivity index (χ4v) is 2.69. The molecule has 8 nitrogen and oxygen atoms in total. The molecule has 0 spiro atoms. The minimum atomic E-state index is -4.35. The molecule has 0 fully saturated rings. The molecule has 2 atom stereocenters. The summed E-state index contributed by atoms with van der Waals surface area (Å²) in [6, 6.07) is 8.01. The topological polar surface area (TPSA) is 140 Å². The van der Waals surface area contributed by atoms with Crippen LogP contribution in [0.1, 0.15) is 12.0 Å². The molecular formula is C13H19N2O6P. The number of rotatable bonds is 10. The van der Waals surface area contributed by atoms with Gasteiger partial charge >= 0.3 is 13.6 Å². The fourth-order valence-electron chi connectivity index (χ4n) is 1.91. The van der Waals surface area contributed by atoms with E-state index in [4.69, 9.17) is 25.2 Å². The normalized spacial score (nSPS) is 14.3. The van der Waals surface area contributed by atoms with Crippen LogP contribution in [0.4, 0.5) is 0 Å². The van der Waals surface area contributed by atoms with E-state index >= 15 is 0 Å². The van der Waals surface area contributed by atoms with Gasteiger partial charge in [-0.2, -0.15) is 5.11 Å². The Morgan fingerprint density at radius 3 is 2.45 bits per heavy atom. The average Bonchev–Trinajstić information content (AvgIpc) is 2.43. The van der Waals surface area contributed by atoms with Gasteiger partial charge in [-0.15, -0.1) is 0 Å². The second-order valence-corrected chi connectivity index (χ2v) is 6.49. The first-order valence-corrected chi connectivity index (χ1v) is 8.41. The van der Waals surface area contributed by atoms with Gasteiger partial charge in [0.25, 0.3) is 0 Å². The number of hydrogen-bond donors (Lipinski definition) is 4. The SMILES string of the molecule is N=NC(CC(CP(=O)(O)O)OCCc1ccccc1)C(=O)O. The van der Waals surface area contributed by atoms with Crippen LogP contribution in [0.15, 0.2) is 35.4 Å². The molecule has 0 amide bonds. The Kier molecular flexibility index (Phi) is 7.34. The van der Waals surface area contributed by atoms with Crippen molar-refractivity contribution in [1.29, 1.82) is 5.53 Å². The van der Waals surface area contributed by atoms with Crippen LogP contribution >= 0.6 is 7.60 Å². The zero-order valence-corrected chi connectivity index (χ0v) is 12.7. The smallest absolute Gasteiger partial charge is 0.330 e. The van der Waals surface area contributed by atoms with E-state index in [1.54, 1.807) is 0 Å². The maximum atomic E-state index is 11.1. The van der Waals surface area contributed by atoms with Crippen LogP contribution in [0, 0.1) is 5.53 Å². The number of carbonyl (C=O) groups is 1. The molecule has 4 N–H and O–H groups in total. The van der Waals surface area contributed by atoms with E-state index in [2.05, 4.69) is 5.11 Å². The zero-order valence-electron chi connectivity index (χ0n) is 11.8. The van der Waals surface area contributed by atoms with Gasteiger partial charge in [0.15, 0.2) is 6.04 Å². The molecule has 0 saturated carbocycles. The standard InChI is InChI=1S/C13H19N2O6P/c14-15-12(13(16)17)8-11(9-22(18,19)20)21-7-6-10-4-2-1-3-5-10/h1-5,11-12,14H,6-9H2,(H,16,17)(H2,18,19,20). The minimum absolute atomic E-state index is 0.193. The predicted octanol–water partition coefficient (Wildman–Crippen LogP) is 1.67. The van der Waals surface area contributed by atoms with E-state index in [1.165, 1.54) is 0 Å². The number of carboxylic acid groups (broad SMARTS) is 1. The van der Waals surface area contributed by atoms with Gasteiger partial charge in [-0.05, 0) is 12.0 Å². The Morgan fingerprint density at radius 2 is 1.95 bits per heavy atom. The van der Waals surface area contributed by atoms with Gasteiger partial charge in [0.1, 0.15) is 0 Å². The Hall–Kier alpha value is -1.60. The molecule has 0 aliphatic heterocycles. The molecule has 0 heterocycles. The third-order valence-electron chi connectivity index (χ3n) is 2.96. The maximum Gasteiger partial charge on any atom is 0.330 e. The quantitative estimate of drug-likeness (QED) is 0.380. The number of ether oxygens (including phenoxy) is 1. The van der Waals surface area contributed by atoms with Crippen molar-refractivity contribution >= 4 is 13.6 Å². The molecule has 0 aromatic heterocycles. The minimum Gasteiger partial charge on any atom is -0.480 e. The monoisotopic (exact) mass is 330 g/mol. The molecule has 0 aliphatic carbocycles. The number of aliphatic carboxylic acids is 1. The molecule has 2 unspecified atom stereocenters. The van der Waals surface area contributed by atoms with E-state index < -0.39 is 31.9 Å². The first-order valence-electron chi connectivity index (χ1n) is 6.61. The summed E-state index contributed by atoms with van der Waals surface area (Å²) in [6.07, 6.45) is -1.28. The van der Waals surface area contributed by atoms with Crippen LogP contribution in [0.2, 0.25) is 0 Å². The molecule has 122 valence electrons. The van der Waals surface area contributed by atoms with Crippen molar-refractivity contribution in [3.63, 3.8) is 0 Å². The molecular weight excluding hydrogens is 311 g/mol. The number of hydrogen-bond acceptors (Lipinski definition) is 5. The summed E-state index contributed by atoms with van der Waals surface area (Å²) in [6.45, 7) is 0.193.